The molecule has 1 aromatic rings. The van der Waals surface area contributed by atoms with Gasteiger partial charge in [-0.05, 0) is 42.9 Å². The van der Waals surface area contributed by atoms with E-state index in [0.29, 0.717) is 18.5 Å². The van der Waals surface area contributed by atoms with Gasteiger partial charge in [-0.2, -0.15) is 0 Å². The Morgan fingerprint density at radius 2 is 1.83 bits per heavy atom. The maximum atomic E-state index is 11.7. The Bertz CT molecular complexity index is 552. The minimum absolute atomic E-state index is 0.375. The van der Waals surface area contributed by atoms with Crippen LogP contribution in [0.15, 0.2) is 18.2 Å². The minimum atomic E-state index is -0.700. The molecule has 1 aliphatic carbocycles. The number of carbonyl (C=O) groups is 1. The number of nitrogens with zero attached hydrogens (tertiary/aromatic N) is 1. The predicted octanol–water partition coefficient (Wildman–Crippen LogP) is 2.92. The van der Waals surface area contributed by atoms with Crippen molar-refractivity contribution in [2.75, 3.05) is 14.2 Å². The van der Waals surface area contributed by atoms with Gasteiger partial charge in [0.15, 0.2) is 0 Å². The van der Waals surface area contributed by atoms with Gasteiger partial charge in [-0.3, -0.25) is 9.69 Å². The second kappa shape index (κ2) is 6.79. The molecule has 23 heavy (non-hydrogen) atoms. The second-order valence-electron chi connectivity index (χ2n) is 6.59. The molecular weight excluding hydrogens is 294 g/mol. The van der Waals surface area contributed by atoms with E-state index in [0.717, 1.165) is 36.3 Å². The van der Waals surface area contributed by atoms with Crippen molar-refractivity contribution in [2.24, 2.45) is 5.92 Å². The standard InChI is InChI=1S/C18H25NO4/c1-22-14-7-12(8-15(10-14)23-2)11-19-16-6-4-3-5-13(16)9-17(19)18(20)21/h7-8,10,13,16-17H,3-6,9,11H2,1-2H3,(H,20,21). The average molecular weight is 319 g/mol. The lowest BCUT2D eigenvalue weighted by molar-refractivity contribution is -0.142. The van der Waals surface area contributed by atoms with Crippen molar-refractivity contribution in [1.82, 2.24) is 4.90 Å². The van der Waals surface area contributed by atoms with Crippen molar-refractivity contribution in [3.05, 3.63) is 23.8 Å². The molecule has 1 N–H and O–H groups in total. The Kier molecular flexibility index (Phi) is 4.76. The highest BCUT2D eigenvalue weighted by Crippen LogP contribution is 2.41. The van der Waals surface area contributed by atoms with Crippen LogP contribution in [0.4, 0.5) is 0 Å². The van der Waals surface area contributed by atoms with Gasteiger partial charge in [0, 0.05) is 18.7 Å². The fourth-order valence-electron chi connectivity index (χ4n) is 4.19. The van der Waals surface area contributed by atoms with Crippen LogP contribution in [0.5, 0.6) is 11.5 Å². The van der Waals surface area contributed by atoms with E-state index in [2.05, 4.69) is 4.90 Å². The number of ether oxygens (including phenoxy) is 2. The Hall–Kier alpha value is -1.75. The van der Waals surface area contributed by atoms with E-state index in [1.807, 2.05) is 18.2 Å². The van der Waals surface area contributed by atoms with Gasteiger partial charge in [0.1, 0.15) is 17.5 Å². The molecule has 2 aliphatic rings. The molecule has 126 valence electrons. The zero-order valence-electron chi connectivity index (χ0n) is 13.8. The lowest BCUT2D eigenvalue weighted by Gasteiger charge is -2.33. The molecule has 0 aromatic heterocycles. The molecule has 1 saturated heterocycles. The molecule has 0 bridgehead atoms. The molecule has 3 atom stereocenters. The number of hydrogen-bond acceptors (Lipinski definition) is 4. The molecule has 5 heteroatoms. The Morgan fingerprint density at radius 1 is 1.17 bits per heavy atom. The summed E-state index contributed by atoms with van der Waals surface area (Å²) in [5.74, 6) is 1.31. The molecule has 0 spiro atoms. The molecule has 0 radical (unpaired) electrons. The first-order valence-corrected chi connectivity index (χ1v) is 8.33. The summed E-state index contributed by atoms with van der Waals surface area (Å²) in [7, 11) is 3.26. The highest BCUT2D eigenvalue weighted by molar-refractivity contribution is 5.74. The van der Waals surface area contributed by atoms with Gasteiger partial charge < -0.3 is 14.6 Å². The summed E-state index contributed by atoms with van der Waals surface area (Å²) in [6.07, 6.45) is 5.47. The summed E-state index contributed by atoms with van der Waals surface area (Å²) >= 11 is 0. The number of aliphatic carboxylic acids is 1. The van der Waals surface area contributed by atoms with Gasteiger partial charge in [0.25, 0.3) is 0 Å². The fourth-order valence-corrected chi connectivity index (χ4v) is 4.19. The maximum Gasteiger partial charge on any atom is 0.320 e. The highest BCUT2D eigenvalue weighted by atomic mass is 16.5. The van der Waals surface area contributed by atoms with E-state index >= 15 is 0 Å². The van der Waals surface area contributed by atoms with Crippen LogP contribution in [-0.2, 0) is 11.3 Å². The number of fused-ring (bicyclic) bond motifs is 1. The molecule has 1 heterocycles. The summed E-state index contributed by atoms with van der Waals surface area (Å²) in [6, 6.07) is 5.79. The van der Waals surface area contributed by atoms with Crippen LogP contribution >= 0.6 is 0 Å². The van der Waals surface area contributed by atoms with Crippen LogP contribution in [0.3, 0.4) is 0 Å². The maximum absolute atomic E-state index is 11.7. The summed E-state index contributed by atoms with van der Waals surface area (Å²) in [6.45, 7) is 0.631. The molecule has 1 aliphatic heterocycles. The summed E-state index contributed by atoms with van der Waals surface area (Å²) < 4.78 is 10.7. The number of likely N-dealkylation sites (tertiary alicyclic amines) is 1. The number of benzene rings is 1. The molecule has 1 aromatic carbocycles. The minimum Gasteiger partial charge on any atom is -0.497 e. The van der Waals surface area contributed by atoms with Crippen molar-refractivity contribution in [3.8, 4) is 11.5 Å². The van der Waals surface area contributed by atoms with Crippen molar-refractivity contribution >= 4 is 5.97 Å². The lowest BCUT2D eigenvalue weighted by atomic mass is 9.84. The van der Waals surface area contributed by atoms with Crippen LogP contribution < -0.4 is 9.47 Å². The van der Waals surface area contributed by atoms with E-state index < -0.39 is 5.97 Å². The van der Waals surface area contributed by atoms with Gasteiger partial charge in [-0.25, -0.2) is 0 Å². The normalized spacial score (nSPS) is 27.5. The smallest absolute Gasteiger partial charge is 0.320 e. The van der Waals surface area contributed by atoms with Crippen LogP contribution in [0.2, 0.25) is 0 Å². The molecule has 0 amide bonds. The van der Waals surface area contributed by atoms with E-state index in [1.165, 1.54) is 12.8 Å². The van der Waals surface area contributed by atoms with Gasteiger partial charge in [-0.15, -0.1) is 0 Å². The molecule has 3 rings (SSSR count). The third-order valence-corrected chi connectivity index (χ3v) is 5.28. The lowest BCUT2D eigenvalue weighted by Crippen LogP contribution is -2.41. The predicted molar refractivity (Wildman–Crippen MR) is 86.9 cm³/mol. The third-order valence-electron chi connectivity index (χ3n) is 5.28. The fraction of sp³-hybridized carbons (Fsp3) is 0.611. The molecule has 2 fully saturated rings. The van der Waals surface area contributed by atoms with Gasteiger partial charge in [0.2, 0.25) is 0 Å². The number of carboxylic acids is 1. The van der Waals surface area contributed by atoms with Crippen molar-refractivity contribution in [3.63, 3.8) is 0 Å². The van der Waals surface area contributed by atoms with E-state index in [4.69, 9.17) is 9.47 Å². The van der Waals surface area contributed by atoms with Crippen LogP contribution in [0.25, 0.3) is 0 Å². The first-order chi connectivity index (χ1) is 11.1. The van der Waals surface area contributed by atoms with Crippen LogP contribution in [-0.4, -0.2) is 42.3 Å². The van der Waals surface area contributed by atoms with Crippen LogP contribution in [0, 0.1) is 5.92 Å². The third kappa shape index (κ3) is 3.29. The average Bonchev–Trinajstić information content (AvgIpc) is 2.93. The van der Waals surface area contributed by atoms with Crippen molar-refractivity contribution < 1.29 is 19.4 Å². The first-order valence-electron chi connectivity index (χ1n) is 8.33. The SMILES string of the molecule is COc1cc(CN2C(C(=O)O)CC3CCCCC32)cc(OC)c1. The van der Waals surface area contributed by atoms with E-state index in [1.54, 1.807) is 14.2 Å². The van der Waals surface area contributed by atoms with E-state index in [-0.39, 0.29) is 6.04 Å². The quantitative estimate of drug-likeness (QED) is 0.904. The van der Waals surface area contributed by atoms with Crippen molar-refractivity contribution in [1.29, 1.82) is 0 Å². The van der Waals surface area contributed by atoms with Gasteiger partial charge >= 0.3 is 5.97 Å². The summed E-state index contributed by atoms with van der Waals surface area (Å²) in [5.41, 5.74) is 1.04. The summed E-state index contributed by atoms with van der Waals surface area (Å²) in [5, 5.41) is 9.62. The first kappa shape index (κ1) is 16.1. The molecular formula is C18H25NO4. The summed E-state index contributed by atoms with van der Waals surface area (Å²) in [4.78, 5) is 13.9. The van der Waals surface area contributed by atoms with Crippen LogP contribution in [0.1, 0.15) is 37.7 Å². The zero-order chi connectivity index (χ0) is 16.4. The highest BCUT2D eigenvalue weighted by Gasteiger charge is 2.44. The zero-order valence-corrected chi connectivity index (χ0v) is 13.8. The number of carboxylic acid groups (broad SMARTS) is 1. The van der Waals surface area contributed by atoms with Gasteiger partial charge in [0.05, 0.1) is 14.2 Å². The second-order valence-corrected chi connectivity index (χ2v) is 6.59. The largest absolute Gasteiger partial charge is 0.497 e. The number of rotatable bonds is 5. The number of methoxy groups -OCH3 is 2. The topological polar surface area (TPSA) is 59.0 Å². The Morgan fingerprint density at radius 3 is 2.43 bits per heavy atom. The Balaban J connectivity index is 1.85. The molecule has 1 saturated carbocycles. The monoisotopic (exact) mass is 319 g/mol. The van der Waals surface area contributed by atoms with E-state index in [9.17, 15) is 9.90 Å². The number of hydrogen-bond donors (Lipinski definition) is 1. The molecule has 5 nitrogen and oxygen atoms in total. The Labute approximate surface area is 137 Å². The van der Waals surface area contributed by atoms with Crippen molar-refractivity contribution in [2.45, 2.75) is 50.7 Å². The van der Waals surface area contributed by atoms with Gasteiger partial charge in [-0.1, -0.05) is 12.8 Å². The molecule has 3 unspecified atom stereocenters.